The van der Waals surface area contributed by atoms with E-state index >= 15 is 0 Å². The maximum Gasteiger partial charge on any atom is 0.244 e. The van der Waals surface area contributed by atoms with Crippen LogP contribution in [0.5, 0.6) is 0 Å². The molecule has 2 aromatic rings. The molecule has 0 radical (unpaired) electrons. The minimum absolute atomic E-state index is 0.0141. The fourth-order valence-electron chi connectivity index (χ4n) is 1.74. The third-order valence-electron chi connectivity index (χ3n) is 2.91. The van der Waals surface area contributed by atoms with E-state index in [9.17, 15) is 4.79 Å². The topological polar surface area (TPSA) is 29.1 Å². The van der Waals surface area contributed by atoms with E-state index in [-0.39, 0.29) is 11.9 Å². The van der Waals surface area contributed by atoms with Gasteiger partial charge < -0.3 is 5.32 Å². The highest BCUT2D eigenvalue weighted by molar-refractivity contribution is 7.08. The lowest BCUT2D eigenvalue weighted by Gasteiger charge is -2.13. The van der Waals surface area contributed by atoms with Gasteiger partial charge >= 0.3 is 0 Å². The van der Waals surface area contributed by atoms with Gasteiger partial charge in [0.1, 0.15) is 0 Å². The van der Waals surface area contributed by atoms with E-state index in [1.165, 1.54) is 5.56 Å². The zero-order valence-electron chi connectivity index (χ0n) is 11.1. The molecule has 1 aromatic heterocycles. The molecule has 98 valence electrons. The van der Waals surface area contributed by atoms with Gasteiger partial charge in [0.25, 0.3) is 0 Å². The van der Waals surface area contributed by atoms with Gasteiger partial charge in [-0.2, -0.15) is 11.3 Å². The van der Waals surface area contributed by atoms with Crippen LogP contribution >= 0.6 is 11.3 Å². The molecular formula is C16H17NOS. The molecule has 0 spiro atoms. The van der Waals surface area contributed by atoms with Crippen LogP contribution in [-0.4, -0.2) is 5.91 Å². The van der Waals surface area contributed by atoms with Gasteiger partial charge in [0.2, 0.25) is 5.91 Å². The molecule has 1 amide bonds. The number of benzene rings is 1. The van der Waals surface area contributed by atoms with E-state index in [0.717, 1.165) is 11.1 Å². The Labute approximate surface area is 117 Å². The van der Waals surface area contributed by atoms with Crippen molar-refractivity contribution in [3.63, 3.8) is 0 Å². The van der Waals surface area contributed by atoms with E-state index in [2.05, 4.69) is 24.4 Å². The molecule has 1 aromatic carbocycles. The molecule has 0 fully saturated rings. The van der Waals surface area contributed by atoms with Crippen molar-refractivity contribution in [3.8, 4) is 0 Å². The quantitative estimate of drug-likeness (QED) is 0.838. The lowest BCUT2D eigenvalue weighted by molar-refractivity contribution is -0.117. The fourth-order valence-corrected chi connectivity index (χ4v) is 2.37. The number of carbonyl (C=O) groups is 1. The number of amides is 1. The molecule has 0 saturated heterocycles. The van der Waals surface area contributed by atoms with Crippen molar-refractivity contribution in [2.75, 3.05) is 0 Å². The molecule has 3 heteroatoms. The summed E-state index contributed by atoms with van der Waals surface area (Å²) >= 11 is 1.62. The van der Waals surface area contributed by atoms with Crippen LogP contribution in [0.2, 0.25) is 0 Å². The minimum atomic E-state index is -0.0701. The molecule has 2 nitrogen and oxygen atoms in total. The van der Waals surface area contributed by atoms with E-state index in [0.29, 0.717) is 0 Å². The van der Waals surface area contributed by atoms with Gasteiger partial charge in [0, 0.05) is 6.08 Å². The summed E-state index contributed by atoms with van der Waals surface area (Å²) in [4.78, 5) is 11.8. The van der Waals surface area contributed by atoms with Crippen LogP contribution in [0.25, 0.3) is 6.08 Å². The van der Waals surface area contributed by atoms with Crippen LogP contribution in [0.3, 0.4) is 0 Å². The highest BCUT2D eigenvalue weighted by Gasteiger charge is 2.06. The minimum Gasteiger partial charge on any atom is -0.346 e. The smallest absolute Gasteiger partial charge is 0.244 e. The average Bonchev–Trinajstić information content (AvgIpc) is 2.90. The molecule has 1 unspecified atom stereocenters. The molecule has 2 rings (SSSR count). The fraction of sp³-hybridized carbons (Fsp3) is 0.188. The maximum atomic E-state index is 11.8. The molecule has 1 heterocycles. The molecule has 0 saturated carbocycles. The summed E-state index contributed by atoms with van der Waals surface area (Å²) in [6, 6.07) is 10.2. The van der Waals surface area contributed by atoms with Crippen molar-refractivity contribution in [1.82, 2.24) is 5.32 Å². The Morgan fingerprint density at radius 3 is 2.63 bits per heavy atom. The molecule has 1 atom stereocenters. The summed E-state index contributed by atoms with van der Waals surface area (Å²) in [5, 5.41) is 6.96. The second-order valence-electron chi connectivity index (χ2n) is 4.53. The van der Waals surface area contributed by atoms with E-state index in [1.54, 1.807) is 17.4 Å². The zero-order valence-corrected chi connectivity index (χ0v) is 11.9. The van der Waals surface area contributed by atoms with E-state index in [1.807, 2.05) is 42.0 Å². The van der Waals surface area contributed by atoms with Crippen LogP contribution in [0.1, 0.15) is 29.7 Å². The number of thiophene rings is 1. The van der Waals surface area contributed by atoms with Gasteiger partial charge in [-0.15, -0.1) is 0 Å². The predicted molar refractivity (Wildman–Crippen MR) is 81.1 cm³/mol. The van der Waals surface area contributed by atoms with Crippen LogP contribution in [0.15, 0.2) is 47.2 Å². The second kappa shape index (κ2) is 6.34. The summed E-state index contributed by atoms with van der Waals surface area (Å²) in [6.45, 7) is 4.04. The molecule has 0 bridgehead atoms. The molecule has 19 heavy (non-hydrogen) atoms. The van der Waals surface area contributed by atoms with Crippen molar-refractivity contribution in [3.05, 3.63) is 63.9 Å². The van der Waals surface area contributed by atoms with Gasteiger partial charge in [0.15, 0.2) is 0 Å². The number of carbonyl (C=O) groups excluding carboxylic acids is 1. The summed E-state index contributed by atoms with van der Waals surface area (Å²) < 4.78 is 0. The standard InChI is InChI=1S/C16H17NOS/c1-12-3-6-15(7-4-12)13(2)17-16(18)8-5-14-9-10-19-11-14/h3-11,13H,1-2H3,(H,17,18)/b8-5+. The second-order valence-corrected chi connectivity index (χ2v) is 5.31. The summed E-state index contributed by atoms with van der Waals surface area (Å²) in [6.07, 6.45) is 3.40. The van der Waals surface area contributed by atoms with Gasteiger partial charge in [-0.3, -0.25) is 4.79 Å². The van der Waals surface area contributed by atoms with Gasteiger partial charge in [-0.25, -0.2) is 0 Å². The molecule has 0 aliphatic rings. The highest BCUT2D eigenvalue weighted by atomic mass is 32.1. The summed E-state index contributed by atoms with van der Waals surface area (Å²) in [5.41, 5.74) is 3.39. The monoisotopic (exact) mass is 271 g/mol. The van der Waals surface area contributed by atoms with Crippen LogP contribution in [-0.2, 0) is 4.79 Å². The number of rotatable bonds is 4. The van der Waals surface area contributed by atoms with Crippen LogP contribution < -0.4 is 5.32 Å². The van der Waals surface area contributed by atoms with Crippen molar-refractivity contribution in [2.24, 2.45) is 0 Å². The third-order valence-corrected chi connectivity index (χ3v) is 3.61. The number of hydrogen-bond acceptors (Lipinski definition) is 2. The first kappa shape index (κ1) is 13.6. The Balaban J connectivity index is 1.93. The van der Waals surface area contributed by atoms with E-state index in [4.69, 9.17) is 0 Å². The Kier molecular flexibility index (Phi) is 4.53. The van der Waals surface area contributed by atoms with Crippen LogP contribution in [0, 0.1) is 6.92 Å². The third kappa shape index (κ3) is 4.07. The largest absolute Gasteiger partial charge is 0.346 e. The first-order chi connectivity index (χ1) is 9.15. The number of aryl methyl sites for hydroxylation is 1. The zero-order chi connectivity index (χ0) is 13.7. The van der Waals surface area contributed by atoms with Crippen molar-refractivity contribution >= 4 is 23.3 Å². The maximum absolute atomic E-state index is 11.8. The first-order valence-electron chi connectivity index (χ1n) is 6.22. The summed E-state index contributed by atoms with van der Waals surface area (Å²) in [5.74, 6) is -0.0701. The summed E-state index contributed by atoms with van der Waals surface area (Å²) in [7, 11) is 0. The van der Waals surface area contributed by atoms with Gasteiger partial charge in [-0.1, -0.05) is 29.8 Å². The number of hydrogen-bond donors (Lipinski definition) is 1. The Morgan fingerprint density at radius 1 is 1.26 bits per heavy atom. The highest BCUT2D eigenvalue weighted by Crippen LogP contribution is 2.13. The van der Waals surface area contributed by atoms with Crippen molar-refractivity contribution < 1.29 is 4.79 Å². The molecule has 0 aliphatic heterocycles. The average molecular weight is 271 g/mol. The Hall–Kier alpha value is -1.87. The predicted octanol–water partition coefficient (Wildman–Crippen LogP) is 3.95. The van der Waals surface area contributed by atoms with Gasteiger partial charge in [-0.05, 0) is 47.9 Å². The number of nitrogens with one attached hydrogen (secondary N) is 1. The van der Waals surface area contributed by atoms with Crippen molar-refractivity contribution in [1.29, 1.82) is 0 Å². The lowest BCUT2D eigenvalue weighted by Crippen LogP contribution is -2.24. The lowest BCUT2D eigenvalue weighted by atomic mass is 10.1. The molecule has 1 N–H and O–H groups in total. The van der Waals surface area contributed by atoms with Crippen molar-refractivity contribution in [2.45, 2.75) is 19.9 Å². The molecular weight excluding hydrogens is 254 g/mol. The van der Waals surface area contributed by atoms with Crippen LogP contribution in [0.4, 0.5) is 0 Å². The van der Waals surface area contributed by atoms with Gasteiger partial charge in [0.05, 0.1) is 6.04 Å². The SMILES string of the molecule is Cc1ccc(C(C)NC(=O)/C=C/c2ccsc2)cc1. The van der Waals surface area contributed by atoms with E-state index < -0.39 is 0 Å². The Bertz CT molecular complexity index is 555. The molecule has 0 aliphatic carbocycles. The normalized spacial score (nSPS) is 12.5. The Morgan fingerprint density at radius 2 is 2.00 bits per heavy atom. The first-order valence-corrected chi connectivity index (χ1v) is 7.17.